The van der Waals surface area contributed by atoms with Crippen molar-refractivity contribution in [3.63, 3.8) is 0 Å². The fourth-order valence-corrected chi connectivity index (χ4v) is 9.98. The van der Waals surface area contributed by atoms with Crippen molar-refractivity contribution in [3.05, 3.63) is 157 Å². The van der Waals surface area contributed by atoms with Gasteiger partial charge >= 0.3 is 99.8 Å². The molecule has 5 aromatic carbocycles. The Morgan fingerprint density at radius 3 is 2.12 bits per heavy atom. The van der Waals surface area contributed by atoms with Crippen LogP contribution in [0.15, 0.2) is 140 Å². The van der Waals surface area contributed by atoms with Crippen LogP contribution in [0, 0.1) is 19.1 Å². The van der Waals surface area contributed by atoms with E-state index in [1.165, 1.54) is 41.0 Å². The third kappa shape index (κ3) is 6.36. The number of pyridine rings is 2. The molecule has 247 valence electrons. The summed E-state index contributed by atoms with van der Waals surface area (Å²) in [7, 11) is 0. The Balaban J connectivity index is 0.000000196. The predicted octanol–water partition coefficient (Wildman–Crippen LogP) is 11.4. The molecule has 0 N–H and O–H groups in total. The maximum absolute atomic E-state index is 4.95. The molecular weight excluding hydrogens is 867 g/mol. The largest absolute Gasteiger partial charge is 0 e. The summed E-state index contributed by atoms with van der Waals surface area (Å²) in [5, 5.41) is 5.01. The fraction of sp³-hybridized carbons (Fsp3) is 0.0909. The van der Waals surface area contributed by atoms with Gasteiger partial charge in [-0.15, -0.1) is 23.3 Å². The first-order valence-corrected chi connectivity index (χ1v) is 24.7. The van der Waals surface area contributed by atoms with Crippen molar-refractivity contribution in [1.29, 1.82) is 0 Å². The van der Waals surface area contributed by atoms with Gasteiger partial charge in [-0.1, -0.05) is 73.0 Å². The van der Waals surface area contributed by atoms with Gasteiger partial charge in [0.25, 0.3) is 0 Å². The van der Waals surface area contributed by atoms with E-state index in [1.54, 1.807) is 0 Å². The van der Waals surface area contributed by atoms with Crippen LogP contribution in [0.5, 0.6) is 0 Å². The van der Waals surface area contributed by atoms with Crippen LogP contribution in [0.1, 0.15) is 5.56 Å². The molecule has 1 radical (unpaired) electrons. The van der Waals surface area contributed by atoms with E-state index >= 15 is 0 Å². The van der Waals surface area contributed by atoms with E-state index in [-0.39, 0.29) is 20.1 Å². The number of nitrogens with zero attached hydrogens (tertiary/aromatic N) is 3. The average Bonchev–Trinajstić information content (AvgIpc) is 3.69. The minimum Gasteiger partial charge on any atom is 0 e. The van der Waals surface area contributed by atoms with Crippen molar-refractivity contribution in [2.24, 2.45) is 0 Å². The SMILES string of the molecule is Cc1c[c-]c(-c2cc3c(cn2)c2ccccc2n3-c2ccccc2)c2sc3ccccc3c12.[CH3][Ge]([CH3])([CH3])[c]1ccc(-c2[c-]cccc2)nc1.[Ir]. The standard InChI is InChI=1S/C30H19N2S.C14H16GeN.Ir/c1-19-15-16-22(30-29(19)23-12-6-8-14-28(23)33-30)25-17-27-24(18-31-25)21-11-5-7-13-26(21)32(27)20-9-3-2-4-10-20;1-15(2,3)13-9-10-14(16-11-13)12-7-5-4-6-8-12;/h2-15,17-18H,1H3;4-7,9-11H,1-3H3;/q2*-1;. The molecule has 0 atom stereocenters. The summed E-state index contributed by atoms with van der Waals surface area (Å²) in [6.45, 7) is 2.17. The first-order valence-electron chi connectivity index (χ1n) is 16.6. The average molecular weight is 903 g/mol. The van der Waals surface area contributed by atoms with Crippen LogP contribution in [0.4, 0.5) is 0 Å². The molecule has 0 spiro atoms. The number of para-hydroxylation sites is 2. The van der Waals surface area contributed by atoms with Crippen molar-refractivity contribution in [3.8, 4) is 28.2 Å². The topological polar surface area (TPSA) is 30.7 Å². The number of aromatic nitrogens is 3. The Labute approximate surface area is 313 Å². The van der Waals surface area contributed by atoms with Gasteiger partial charge in [0, 0.05) is 53.0 Å². The van der Waals surface area contributed by atoms with E-state index < -0.39 is 13.3 Å². The maximum atomic E-state index is 4.95. The van der Waals surface area contributed by atoms with Gasteiger partial charge in [-0.2, -0.15) is 11.3 Å². The van der Waals surface area contributed by atoms with Gasteiger partial charge in [-0.05, 0) is 40.0 Å². The van der Waals surface area contributed by atoms with Gasteiger partial charge in [-0.3, -0.25) is 0 Å². The molecule has 0 fully saturated rings. The van der Waals surface area contributed by atoms with Gasteiger partial charge in [0.1, 0.15) is 0 Å². The van der Waals surface area contributed by atoms with Gasteiger partial charge < -0.3 is 9.55 Å². The van der Waals surface area contributed by atoms with Gasteiger partial charge in [0.15, 0.2) is 0 Å². The maximum Gasteiger partial charge on any atom is 0 e. The summed E-state index contributed by atoms with van der Waals surface area (Å²) in [5.41, 5.74) is 8.87. The van der Waals surface area contributed by atoms with E-state index in [0.717, 1.165) is 39.1 Å². The van der Waals surface area contributed by atoms with Gasteiger partial charge in [0.2, 0.25) is 0 Å². The first-order chi connectivity index (χ1) is 23.9. The van der Waals surface area contributed by atoms with Crippen molar-refractivity contribution in [2.75, 3.05) is 0 Å². The summed E-state index contributed by atoms with van der Waals surface area (Å²) >= 11 is 0.114. The van der Waals surface area contributed by atoms with Crippen LogP contribution in [0.3, 0.4) is 0 Å². The van der Waals surface area contributed by atoms with Crippen LogP contribution < -0.4 is 4.40 Å². The van der Waals surface area contributed by atoms with Crippen LogP contribution in [-0.2, 0) is 20.1 Å². The fourth-order valence-electron chi connectivity index (χ4n) is 6.53. The van der Waals surface area contributed by atoms with Crippen molar-refractivity contribution >= 4 is 71.0 Å². The second-order valence-corrected chi connectivity index (χ2v) is 25.1. The number of fused-ring (bicyclic) bond motifs is 6. The van der Waals surface area contributed by atoms with Gasteiger partial charge in [-0.25, -0.2) is 0 Å². The number of benzene rings is 5. The van der Waals surface area contributed by atoms with Crippen molar-refractivity contribution in [1.82, 2.24) is 14.5 Å². The smallest absolute Gasteiger partial charge is 0 e. The molecule has 50 heavy (non-hydrogen) atoms. The minimum absolute atomic E-state index is 0. The van der Waals surface area contributed by atoms with E-state index in [9.17, 15) is 0 Å². The normalized spacial score (nSPS) is 11.4. The molecule has 0 amide bonds. The Kier molecular flexibility index (Phi) is 9.60. The molecule has 0 aliphatic rings. The molecule has 6 heteroatoms. The summed E-state index contributed by atoms with van der Waals surface area (Å²) in [5.74, 6) is 7.14. The molecule has 0 aliphatic heterocycles. The Morgan fingerprint density at radius 2 is 1.38 bits per heavy atom. The van der Waals surface area contributed by atoms with E-state index in [1.807, 2.05) is 48.0 Å². The number of thiophene rings is 1. The number of rotatable bonds is 4. The minimum atomic E-state index is -1.72. The van der Waals surface area contributed by atoms with Crippen LogP contribution in [-0.4, -0.2) is 27.8 Å². The molecule has 0 unspecified atom stereocenters. The Morgan fingerprint density at radius 1 is 0.660 bits per heavy atom. The van der Waals surface area contributed by atoms with Crippen LogP contribution in [0.25, 0.3) is 70.2 Å². The van der Waals surface area contributed by atoms with E-state index in [0.29, 0.717) is 0 Å². The zero-order chi connectivity index (χ0) is 33.5. The summed E-state index contributed by atoms with van der Waals surface area (Å²) < 4.78 is 6.34. The molecule has 0 saturated carbocycles. The van der Waals surface area contributed by atoms with E-state index in [4.69, 9.17) is 4.98 Å². The molecular formula is C44H35GeIrN3S-2. The first kappa shape index (κ1) is 34.1. The summed E-state index contributed by atoms with van der Waals surface area (Å²) in [4.78, 5) is 9.48. The Hall–Kier alpha value is -4.39. The second-order valence-electron chi connectivity index (χ2n) is 13.4. The number of hydrogen-bond donors (Lipinski definition) is 0. The molecule has 4 heterocycles. The molecule has 4 aromatic heterocycles. The monoisotopic (exact) mass is 904 g/mol. The summed E-state index contributed by atoms with van der Waals surface area (Å²) in [6.07, 6.45) is 4.06. The predicted molar refractivity (Wildman–Crippen MR) is 212 cm³/mol. The quantitative estimate of drug-likeness (QED) is 0.130. The molecule has 0 aliphatic carbocycles. The molecule has 0 bridgehead atoms. The van der Waals surface area contributed by atoms with E-state index in [2.05, 4.69) is 149 Å². The second kappa shape index (κ2) is 14.1. The van der Waals surface area contributed by atoms with Crippen molar-refractivity contribution < 1.29 is 20.1 Å². The third-order valence-electron chi connectivity index (χ3n) is 9.09. The van der Waals surface area contributed by atoms with Crippen molar-refractivity contribution in [2.45, 2.75) is 24.2 Å². The molecule has 9 aromatic rings. The molecule has 9 rings (SSSR count). The zero-order valence-electron chi connectivity index (χ0n) is 28.4. The zero-order valence-corrected chi connectivity index (χ0v) is 33.7. The van der Waals surface area contributed by atoms with Crippen LogP contribution >= 0.6 is 11.3 Å². The third-order valence-corrected chi connectivity index (χ3v) is 14.5. The van der Waals surface area contributed by atoms with Gasteiger partial charge in [0.05, 0.1) is 5.52 Å². The molecule has 0 saturated heterocycles. The Bertz CT molecular complexity index is 2590. The van der Waals surface area contributed by atoms with Crippen LogP contribution in [0.2, 0.25) is 17.3 Å². The number of hydrogen-bond acceptors (Lipinski definition) is 3. The number of aryl methyl sites for hydroxylation is 1. The molecule has 3 nitrogen and oxygen atoms in total. The summed E-state index contributed by atoms with van der Waals surface area (Å²) in [6, 6.07) is 51.1.